The third-order valence-corrected chi connectivity index (χ3v) is 5.74. The van der Waals surface area contributed by atoms with Crippen molar-refractivity contribution in [3.05, 3.63) is 34.5 Å². The summed E-state index contributed by atoms with van der Waals surface area (Å²) >= 11 is 1.36. The van der Waals surface area contributed by atoms with E-state index in [1.165, 1.54) is 11.3 Å². The second-order valence-corrected chi connectivity index (χ2v) is 7.62. The number of anilines is 2. The van der Waals surface area contributed by atoms with Crippen LogP contribution in [-0.4, -0.2) is 38.1 Å². The largest absolute Gasteiger partial charge is 0.486 e. The molecule has 2 aliphatic rings. The molecule has 4 rings (SSSR count). The first-order chi connectivity index (χ1) is 13.1. The van der Waals surface area contributed by atoms with Crippen LogP contribution in [0.25, 0.3) is 0 Å². The Bertz CT molecular complexity index is 849. The summed E-state index contributed by atoms with van der Waals surface area (Å²) < 4.78 is 11.2. The molecule has 0 spiro atoms. The van der Waals surface area contributed by atoms with E-state index >= 15 is 0 Å². The number of nitrogens with one attached hydrogen (secondary N) is 3. The predicted octanol–water partition coefficient (Wildman–Crippen LogP) is 2.57. The second kappa shape index (κ2) is 7.58. The van der Waals surface area contributed by atoms with Crippen molar-refractivity contribution >= 4 is 34.5 Å². The van der Waals surface area contributed by atoms with E-state index in [0.717, 1.165) is 13.1 Å². The van der Waals surface area contributed by atoms with Crippen LogP contribution in [0, 0.1) is 11.8 Å². The summed E-state index contributed by atoms with van der Waals surface area (Å²) in [5.74, 6) is 1.01. The van der Waals surface area contributed by atoms with Crippen LogP contribution in [0.4, 0.5) is 11.4 Å². The lowest BCUT2D eigenvalue weighted by atomic mass is 9.88. The molecule has 2 aromatic rings. The minimum absolute atomic E-state index is 0.0789. The van der Waals surface area contributed by atoms with E-state index in [1.807, 2.05) is 18.4 Å². The molecule has 3 heterocycles. The Morgan fingerprint density at radius 3 is 2.37 bits per heavy atom. The molecule has 8 heteroatoms. The number of hydrogen-bond acceptors (Lipinski definition) is 6. The number of ether oxygens (including phenoxy) is 2. The molecule has 1 fully saturated rings. The van der Waals surface area contributed by atoms with E-state index in [0.29, 0.717) is 46.9 Å². The van der Waals surface area contributed by atoms with Crippen molar-refractivity contribution in [2.75, 3.05) is 36.9 Å². The second-order valence-electron chi connectivity index (χ2n) is 6.67. The zero-order valence-electron chi connectivity index (χ0n) is 14.9. The summed E-state index contributed by atoms with van der Waals surface area (Å²) in [6.07, 6.45) is 0. The summed E-state index contributed by atoms with van der Waals surface area (Å²) in [5, 5.41) is 10.8. The fourth-order valence-corrected chi connectivity index (χ4v) is 3.63. The van der Waals surface area contributed by atoms with Gasteiger partial charge in [-0.2, -0.15) is 0 Å². The van der Waals surface area contributed by atoms with Crippen LogP contribution in [0.3, 0.4) is 0 Å². The van der Waals surface area contributed by atoms with Gasteiger partial charge in [0.05, 0.1) is 16.3 Å². The third-order valence-electron chi connectivity index (χ3n) is 4.87. The van der Waals surface area contributed by atoms with Gasteiger partial charge in [0, 0.05) is 18.1 Å². The van der Waals surface area contributed by atoms with Gasteiger partial charge >= 0.3 is 0 Å². The lowest BCUT2D eigenvalue weighted by molar-refractivity contribution is -0.121. The molecule has 0 aliphatic carbocycles. The van der Waals surface area contributed by atoms with Crippen molar-refractivity contribution in [1.82, 2.24) is 5.32 Å². The maximum atomic E-state index is 12.7. The molecule has 142 valence electrons. The van der Waals surface area contributed by atoms with Crippen LogP contribution in [0.2, 0.25) is 0 Å². The van der Waals surface area contributed by atoms with E-state index in [2.05, 4.69) is 16.0 Å². The van der Waals surface area contributed by atoms with Crippen LogP contribution < -0.4 is 25.4 Å². The van der Waals surface area contributed by atoms with Gasteiger partial charge in [-0.1, -0.05) is 13.0 Å². The predicted molar refractivity (Wildman–Crippen MR) is 104 cm³/mol. The van der Waals surface area contributed by atoms with Gasteiger partial charge < -0.3 is 25.4 Å². The van der Waals surface area contributed by atoms with Gasteiger partial charge in [0.15, 0.2) is 11.5 Å². The summed E-state index contributed by atoms with van der Waals surface area (Å²) in [5.41, 5.74) is 0.998. The zero-order chi connectivity index (χ0) is 18.8. The fraction of sp³-hybridized carbons (Fsp3) is 0.368. The molecular weight excluding hydrogens is 366 g/mol. The highest BCUT2D eigenvalue weighted by Crippen LogP contribution is 2.39. The maximum absolute atomic E-state index is 12.7. The molecule has 27 heavy (non-hydrogen) atoms. The Balaban J connectivity index is 1.59. The van der Waals surface area contributed by atoms with E-state index < -0.39 is 0 Å². The smallest absolute Gasteiger partial charge is 0.265 e. The van der Waals surface area contributed by atoms with Crippen molar-refractivity contribution in [2.24, 2.45) is 11.8 Å². The standard InChI is InChI=1S/C19H21N3O4S/c1-11(12-9-20-10-12)18(23)21-13-7-15-16(26-5-4-25-15)8-14(13)22-19(24)17-3-2-6-27-17/h2-3,6-8,11-12,20H,4-5,9-10H2,1H3,(H,21,23)(H,22,24). The molecule has 1 aromatic carbocycles. The molecule has 0 radical (unpaired) electrons. The highest BCUT2D eigenvalue weighted by molar-refractivity contribution is 7.12. The van der Waals surface area contributed by atoms with Gasteiger partial charge in [0.1, 0.15) is 13.2 Å². The number of amides is 2. The van der Waals surface area contributed by atoms with Gasteiger partial charge in [0.25, 0.3) is 5.91 Å². The van der Waals surface area contributed by atoms with E-state index in [1.54, 1.807) is 18.2 Å². The Morgan fingerprint density at radius 1 is 1.15 bits per heavy atom. The van der Waals surface area contributed by atoms with Crippen molar-refractivity contribution in [2.45, 2.75) is 6.92 Å². The van der Waals surface area contributed by atoms with Gasteiger partial charge in [-0.25, -0.2) is 0 Å². The number of hydrogen-bond donors (Lipinski definition) is 3. The van der Waals surface area contributed by atoms with Crippen LogP contribution in [0.1, 0.15) is 16.6 Å². The maximum Gasteiger partial charge on any atom is 0.265 e. The molecule has 7 nitrogen and oxygen atoms in total. The first kappa shape index (κ1) is 17.8. The Labute approximate surface area is 161 Å². The van der Waals surface area contributed by atoms with Crippen molar-refractivity contribution in [3.8, 4) is 11.5 Å². The lowest BCUT2D eigenvalue weighted by Gasteiger charge is -2.32. The average Bonchev–Trinajstić information content (AvgIpc) is 3.15. The summed E-state index contributed by atoms with van der Waals surface area (Å²) in [4.78, 5) is 25.7. The monoisotopic (exact) mass is 387 g/mol. The molecule has 1 aromatic heterocycles. The number of carbonyl (C=O) groups excluding carboxylic acids is 2. The van der Waals surface area contributed by atoms with Gasteiger partial charge in [-0.05, 0) is 30.5 Å². The molecule has 1 unspecified atom stereocenters. The van der Waals surface area contributed by atoms with E-state index in [-0.39, 0.29) is 17.7 Å². The molecule has 0 saturated carbocycles. The Kier molecular flexibility index (Phi) is 5.00. The third kappa shape index (κ3) is 3.77. The minimum atomic E-state index is -0.228. The number of benzene rings is 1. The fourth-order valence-electron chi connectivity index (χ4n) is 3.01. The van der Waals surface area contributed by atoms with Crippen molar-refractivity contribution < 1.29 is 19.1 Å². The highest BCUT2D eigenvalue weighted by Gasteiger charge is 2.29. The molecule has 0 bridgehead atoms. The molecule has 2 amide bonds. The quantitative estimate of drug-likeness (QED) is 0.734. The lowest BCUT2D eigenvalue weighted by Crippen LogP contribution is -2.48. The molecule has 3 N–H and O–H groups in total. The van der Waals surface area contributed by atoms with Gasteiger partial charge in [-0.15, -0.1) is 11.3 Å². The van der Waals surface area contributed by atoms with E-state index in [9.17, 15) is 9.59 Å². The Morgan fingerprint density at radius 2 is 1.81 bits per heavy atom. The number of carbonyl (C=O) groups is 2. The first-order valence-corrected chi connectivity index (χ1v) is 9.80. The van der Waals surface area contributed by atoms with Gasteiger partial charge in [-0.3, -0.25) is 9.59 Å². The molecule has 1 atom stereocenters. The summed E-state index contributed by atoms with van der Waals surface area (Å²) in [6, 6.07) is 6.98. The van der Waals surface area contributed by atoms with Gasteiger partial charge in [0.2, 0.25) is 5.91 Å². The molecule has 2 aliphatic heterocycles. The van der Waals surface area contributed by atoms with Crippen LogP contribution in [0.5, 0.6) is 11.5 Å². The van der Waals surface area contributed by atoms with Crippen LogP contribution >= 0.6 is 11.3 Å². The average molecular weight is 387 g/mol. The van der Waals surface area contributed by atoms with E-state index in [4.69, 9.17) is 9.47 Å². The first-order valence-electron chi connectivity index (χ1n) is 8.92. The zero-order valence-corrected chi connectivity index (χ0v) is 15.7. The molecular formula is C19H21N3O4S. The summed E-state index contributed by atoms with van der Waals surface area (Å²) in [6.45, 7) is 4.51. The Hall–Kier alpha value is -2.58. The van der Waals surface area contributed by atoms with Crippen LogP contribution in [0.15, 0.2) is 29.6 Å². The van der Waals surface area contributed by atoms with Crippen molar-refractivity contribution in [3.63, 3.8) is 0 Å². The SMILES string of the molecule is CC(C(=O)Nc1cc2c(cc1NC(=O)c1cccs1)OCCO2)C1CNC1. The highest BCUT2D eigenvalue weighted by atomic mass is 32.1. The van der Waals surface area contributed by atoms with Crippen molar-refractivity contribution in [1.29, 1.82) is 0 Å². The minimum Gasteiger partial charge on any atom is -0.486 e. The number of rotatable bonds is 5. The topological polar surface area (TPSA) is 88.7 Å². The normalized spacial score (nSPS) is 16.9. The number of fused-ring (bicyclic) bond motifs is 1. The van der Waals surface area contributed by atoms with Crippen LogP contribution in [-0.2, 0) is 4.79 Å². The summed E-state index contributed by atoms with van der Waals surface area (Å²) in [7, 11) is 0. The number of thiophene rings is 1. The molecule has 1 saturated heterocycles.